The molecule has 1 aromatic carbocycles. The Labute approximate surface area is 113 Å². The van der Waals surface area contributed by atoms with Crippen molar-refractivity contribution in [1.82, 2.24) is 4.98 Å². The molecule has 1 heterocycles. The number of esters is 1. The molecule has 0 spiro atoms. The second kappa shape index (κ2) is 5.48. The molecule has 0 saturated carbocycles. The summed E-state index contributed by atoms with van der Waals surface area (Å²) in [5.74, 6) is -2.57. The molecular formula is C14H10FNO4. The van der Waals surface area contributed by atoms with Gasteiger partial charge in [0.15, 0.2) is 0 Å². The van der Waals surface area contributed by atoms with E-state index in [1.165, 1.54) is 31.5 Å². The molecule has 5 nitrogen and oxygen atoms in total. The van der Waals surface area contributed by atoms with E-state index in [-0.39, 0.29) is 22.3 Å². The van der Waals surface area contributed by atoms with Crippen LogP contribution < -0.4 is 0 Å². The van der Waals surface area contributed by atoms with Crippen LogP contribution in [0.1, 0.15) is 20.7 Å². The molecule has 2 rings (SSSR count). The summed E-state index contributed by atoms with van der Waals surface area (Å²) in [6.07, 6.45) is 2.51. The summed E-state index contributed by atoms with van der Waals surface area (Å²) in [6, 6.07) is 5.12. The number of carboxylic acid groups (broad SMARTS) is 1. The summed E-state index contributed by atoms with van der Waals surface area (Å²) in [5.41, 5.74) is 0.218. The van der Waals surface area contributed by atoms with Gasteiger partial charge < -0.3 is 9.84 Å². The van der Waals surface area contributed by atoms with Crippen molar-refractivity contribution in [1.29, 1.82) is 0 Å². The van der Waals surface area contributed by atoms with Crippen LogP contribution in [0.15, 0.2) is 36.7 Å². The number of carbonyl (C=O) groups is 2. The van der Waals surface area contributed by atoms with E-state index in [1.54, 1.807) is 0 Å². The lowest BCUT2D eigenvalue weighted by Gasteiger charge is -2.08. The van der Waals surface area contributed by atoms with Gasteiger partial charge in [-0.15, -0.1) is 0 Å². The Balaban J connectivity index is 2.55. The fourth-order valence-electron chi connectivity index (χ4n) is 1.78. The summed E-state index contributed by atoms with van der Waals surface area (Å²) >= 11 is 0. The van der Waals surface area contributed by atoms with Crippen LogP contribution in [0.3, 0.4) is 0 Å². The van der Waals surface area contributed by atoms with Crippen LogP contribution in [-0.4, -0.2) is 29.1 Å². The number of aromatic nitrogens is 1. The molecule has 0 amide bonds. The molecule has 0 atom stereocenters. The van der Waals surface area contributed by atoms with Gasteiger partial charge in [-0.1, -0.05) is 6.07 Å². The number of methoxy groups -OCH3 is 1. The number of rotatable bonds is 3. The second-order valence-electron chi connectivity index (χ2n) is 3.91. The topological polar surface area (TPSA) is 76.5 Å². The van der Waals surface area contributed by atoms with E-state index >= 15 is 0 Å². The Bertz CT molecular complexity index is 685. The van der Waals surface area contributed by atoms with Gasteiger partial charge in [0.25, 0.3) is 0 Å². The molecule has 0 radical (unpaired) electrons. The number of nitrogens with zero attached hydrogens (tertiary/aromatic N) is 1. The number of pyridine rings is 1. The Kier molecular flexibility index (Phi) is 3.74. The van der Waals surface area contributed by atoms with Crippen LogP contribution in [0.5, 0.6) is 0 Å². The van der Waals surface area contributed by atoms with Crippen molar-refractivity contribution in [2.75, 3.05) is 7.11 Å². The van der Waals surface area contributed by atoms with E-state index in [0.717, 1.165) is 12.3 Å². The Morgan fingerprint density at radius 3 is 2.60 bits per heavy atom. The summed E-state index contributed by atoms with van der Waals surface area (Å²) in [4.78, 5) is 26.1. The van der Waals surface area contributed by atoms with Gasteiger partial charge in [-0.25, -0.2) is 14.0 Å². The zero-order valence-corrected chi connectivity index (χ0v) is 10.5. The van der Waals surface area contributed by atoms with Gasteiger partial charge in [0.1, 0.15) is 5.82 Å². The van der Waals surface area contributed by atoms with Crippen molar-refractivity contribution in [2.45, 2.75) is 0 Å². The van der Waals surface area contributed by atoms with Crippen molar-refractivity contribution >= 4 is 11.9 Å². The molecule has 0 fully saturated rings. The van der Waals surface area contributed by atoms with E-state index in [1.807, 2.05) is 0 Å². The number of carbonyl (C=O) groups excluding carboxylic acids is 1. The highest BCUT2D eigenvalue weighted by Crippen LogP contribution is 2.26. The number of halogens is 1. The first-order valence-corrected chi connectivity index (χ1v) is 5.60. The van der Waals surface area contributed by atoms with E-state index in [2.05, 4.69) is 9.72 Å². The van der Waals surface area contributed by atoms with Gasteiger partial charge in [-0.05, 0) is 18.2 Å². The zero-order chi connectivity index (χ0) is 14.7. The molecule has 20 heavy (non-hydrogen) atoms. The highest BCUT2D eigenvalue weighted by atomic mass is 19.1. The number of hydrogen-bond acceptors (Lipinski definition) is 4. The molecule has 2 aromatic rings. The molecule has 102 valence electrons. The number of hydrogen-bond donors (Lipinski definition) is 1. The SMILES string of the molecule is COC(=O)c1ccc(-c2ccncc2C(=O)O)c(F)c1. The summed E-state index contributed by atoms with van der Waals surface area (Å²) in [5, 5.41) is 9.06. The lowest BCUT2D eigenvalue weighted by molar-refractivity contribution is 0.0599. The molecule has 0 bridgehead atoms. The van der Waals surface area contributed by atoms with Crippen LogP contribution in [0.2, 0.25) is 0 Å². The minimum Gasteiger partial charge on any atom is -0.478 e. The molecular weight excluding hydrogens is 265 g/mol. The number of aromatic carboxylic acids is 1. The second-order valence-corrected chi connectivity index (χ2v) is 3.91. The number of ether oxygens (including phenoxy) is 1. The first-order chi connectivity index (χ1) is 9.54. The molecule has 0 unspecified atom stereocenters. The first-order valence-electron chi connectivity index (χ1n) is 5.60. The summed E-state index contributed by atoms with van der Waals surface area (Å²) in [6.45, 7) is 0. The summed E-state index contributed by atoms with van der Waals surface area (Å²) in [7, 11) is 1.19. The van der Waals surface area contributed by atoms with Crippen LogP contribution in [0, 0.1) is 5.82 Å². The van der Waals surface area contributed by atoms with Crippen molar-refractivity contribution < 1.29 is 23.8 Å². The van der Waals surface area contributed by atoms with E-state index in [0.29, 0.717) is 0 Å². The van der Waals surface area contributed by atoms with Gasteiger partial charge in [0.2, 0.25) is 0 Å². The van der Waals surface area contributed by atoms with Gasteiger partial charge in [0, 0.05) is 23.5 Å². The Morgan fingerprint density at radius 1 is 1.25 bits per heavy atom. The molecule has 1 N–H and O–H groups in total. The minimum atomic E-state index is -1.20. The third-order valence-corrected chi connectivity index (χ3v) is 2.73. The van der Waals surface area contributed by atoms with Crippen LogP contribution in [0.4, 0.5) is 4.39 Å². The lowest BCUT2D eigenvalue weighted by Crippen LogP contribution is -2.04. The number of carboxylic acids is 1. The van der Waals surface area contributed by atoms with Crippen molar-refractivity contribution in [2.24, 2.45) is 0 Å². The van der Waals surface area contributed by atoms with Crippen molar-refractivity contribution in [3.63, 3.8) is 0 Å². The zero-order valence-electron chi connectivity index (χ0n) is 10.5. The fourth-order valence-corrected chi connectivity index (χ4v) is 1.78. The van der Waals surface area contributed by atoms with Gasteiger partial charge in [-0.2, -0.15) is 0 Å². The standard InChI is InChI=1S/C14H10FNO4/c1-20-14(19)8-2-3-10(12(15)6-8)9-4-5-16-7-11(9)13(17)18/h2-7H,1H3,(H,17,18). The molecule has 0 aliphatic carbocycles. The highest BCUT2D eigenvalue weighted by molar-refractivity contribution is 5.96. The van der Waals surface area contributed by atoms with Gasteiger partial charge in [-0.3, -0.25) is 4.98 Å². The molecule has 1 aromatic heterocycles. The number of benzene rings is 1. The highest BCUT2D eigenvalue weighted by Gasteiger charge is 2.16. The van der Waals surface area contributed by atoms with Gasteiger partial charge >= 0.3 is 11.9 Å². The quantitative estimate of drug-likeness (QED) is 0.870. The average Bonchev–Trinajstić information content (AvgIpc) is 2.46. The van der Waals surface area contributed by atoms with Crippen LogP contribution in [-0.2, 0) is 4.74 Å². The van der Waals surface area contributed by atoms with E-state index in [9.17, 15) is 14.0 Å². The predicted molar refractivity (Wildman–Crippen MR) is 67.9 cm³/mol. The maximum atomic E-state index is 14.1. The Morgan fingerprint density at radius 2 is 2.00 bits per heavy atom. The summed E-state index contributed by atoms with van der Waals surface area (Å²) < 4.78 is 18.5. The molecule has 0 saturated heterocycles. The minimum absolute atomic E-state index is 0.0553. The molecule has 6 heteroatoms. The molecule has 0 aliphatic rings. The van der Waals surface area contributed by atoms with Crippen LogP contribution in [0.25, 0.3) is 11.1 Å². The third-order valence-electron chi connectivity index (χ3n) is 2.73. The van der Waals surface area contributed by atoms with Crippen LogP contribution >= 0.6 is 0 Å². The largest absolute Gasteiger partial charge is 0.478 e. The lowest BCUT2D eigenvalue weighted by atomic mass is 10.00. The fraction of sp³-hybridized carbons (Fsp3) is 0.0714. The smallest absolute Gasteiger partial charge is 0.337 e. The van der Waals surface area contributed by atoms with Gasteiger partial charge in [0.05, 0.1) is 18.2 Å². The Hall–Kier alpha value is -2.76. The monoisotopic (exact) mass is 275 g/mol. The third kappa shape index (κ3) is 2.49. The predicted octanol–water partition coefficient (Wildman–Crippen LogP) is 2.37. The normalized spacial score (nSPS) is 10.1. The van der Waals surface area contributed by atoms with Crippen molar-refractivity contribution in [3.05, 3.63) is 53.6 Å². The first kappa shape index (κ1) is 13.7. The maximum Gasteiger partial charge on any atom is 0.337 e. The average molecular weight is 275 g/mol. The van der Waals surface area contributed by atoms with E-state index < -0.39 is 17.8 Å². The van der Waals surface area contributed by atoms with Crippen molar-refractivity contribution in [3.8, 4) is 11.1 Å². The maximum absolute atomic E-state index is 14.1. The van der Waals surface area contributed by atoms with E-state index in [4.69, 9.17) is 5.11 Å². The molecule has 0 aliphatic heterocycles.